The number of rotatable bonds is 8. The Hall–Kier alpha value is -2.60. The maximum atomic E-state index is 11.9. The highest BCUT2D eigenvalue weighted by atomic mass is 32.2. The number of benzene rings is 2. The number of carbonyl (C=O) groups excluding carboxylic acids is 1. The van der Waals surface area contributed by atoms with E-state index in [1.54, 1.807) is 0 Å². The van der Waals surface area contributed by atoms with Crippen molar-refractivity contribution in [2.45, 2.75) is 18.6 Å². The highest BCUT2D eigenvalue weighted by molar-refractivity contribution is 7.98. The molecule has 0 radical (unpaired) electrons. The van der Waals surface area contributed by atoms with Crippen molar-refractivity contribution in [1.29, 1.82) is 0 Å². The summed E-state index contributed by atoms with van der Waals surface area (Å²) in [7, 11) is 0. The fourth-order valence-electron chi connectivity index (χ4n) is 2.25. The zero-order valence-corrected chi connectivity index (χ0v) is 14.5. The molecule has 0 atom stereocenters. The third-order valence-electron chi connectivity index (χ3n) is 3.50. The Bertz CT molecular complexity index is 791. The summed E-state index contributed by atoms with van der Waals surface area (Å²) in [6.07, 6.45) is 1.24. The Labute approximate surface area is 150 Å². The standard InChI is InChI=1S/C19H19N3O2S/c23-17(12-7-13-25-14-15-8-3-1-4-9-15)20-19-22-21-18(24-19)16-10-5-2-6-11-16/h1-6,8-11H,7,12-14H2,(H,20,22,23). The van der Waals surface area contributed by atoms with Crippen molar-refractivity contribution in [3.8, 4) is 11.5 Å². The normalized spacial score (nSPS) is 10.6. The van der Waals surface area contributed by atoms with E-state index in [-0.39, 0.29) is 11.9 Å². The van der Waals surface area contributed by atoms with Crippen LogP contribution in [0.5, 0.6) is 0 Å². The monoisotopic (exact) mass is 353 g/mol. The average Bonchev–Trinajstić information content (AvgIpc) is 3.11. The fourth-order valence-corrected chi connectivity index (χ4v) is 3.17. The van der Waals surface area contributed by atoms with E-state index >= 15 is 0 Å². The van der Waals surface area contributed by atoms with E-state index in [9.17, 15) is 4.79 Å². The van der Waals surface area contributed by atoms with Gasteiger partial charge in [0.1, 0.15) is 0 Å². The molecule has 128 valence electrons. The van der Waals surface area contributed by atoms with E-state index in [4.69, 9.17) is 4.42 Å². The summed E-state index contributed by atoms with van der Waals surface area (Å²) in [5.41, 5.74) is 2.13. The molecule has 3 rings (SSSR count). The molecular weight excluding hydrogens is 334 g/mol. The summed E-state index contributed by atoms with van der Waals surface area (Å²) in [5.74, 6) is 2.19. The number of hydrogen-bond donors (Lipinski definition) is 1. The highest BCUT2D eigenvalue weighted by Crippen LogP contribution is 2.19. The molecule has 6 heteroatoms. The predicted octanol–water partition coefficient (Wildman–Crippen LogP) is 4.39. The topological polar surface area (TPSA) is 68.0 Å². The minimum atomic E-state index is -0.108. The second-order valence-corrected chi connectivity index (χ2v) is 6.57. The number of nitrogens with zero attached hydrogens (tertiary/aromatic N) is 2. The average molecular weight is 353 g/mol. The van der Waals surface area contributed by atoms with Crippen LogP contribution in [0, 0.1) is 0 Å². The van der Waals surface area contributed by atoms with Crippen LogP contribution < -0.4 is 5.32 Å². The van der Waals surface area contributed by atoms with Crippen molar-refractivity contribution in [1.82, 2.24) is 10.2 Å². The molecule has 3 aromatic rings. The molecule has 0 aliphatic rings. The molecule has 1 aromatic heterocycles. The molecule has 0 aliphatic heterocycles. The number of hydrogen-bond acceptors (Lipinski definition) is 5. The first-order valence-corrected chi connectivity index (χ1v) is 9.27. The predicted molar refractivity (Wildman–Crippen MR) is 100 cm³/mol. The Kier molecular flexibility index (Phi) is 6.23. The summed E-state index contributed by atoms with van der Waals surface area (Å²) in [4.78, 5) is 11.9. The molecule has 0 fully saturated rings. The smallest absolute Gasteiger partial charge is 0.322 e. The minimum absolute atomic E-state index is 0.108. The SMILES string of the molecule is O=C(CCCSCc1ccccc1)Nc1nnc(-c2ccccc2)o1. The van der Waals surface area contributed by atoms with Crippen LogP contribution in [0.2, 0.25) is 0 Å². The lowest BCUT2D eigenvalue weighted by molar-refractivity contribution is -0.116. The fraction of sp³-hybridized carbons (Fsp3) is 0.211. The molecule has 1 N–H and O–H groups in total. The van der Waals surface area contributed by atoms with E-state index < -0.39 is 0 Å². The Morgan fingerprint density at radius 1 is 1.00 bits per heavy atom. The zero-order chi connectivity index (χ0) is 17.3. The zero-order valence-electron chi connectivity index (χ0n) is 13.7. The van der Waals surface area contributed by atoms with Crippen molar-refractivity contribution in [3.63, 3.8) is 0 Å². The Morgan fingerprint density at radius 3 is 2.48 bits per heavy atom. The van der Waals surface area contributed by atoms with Crippen LogP contribution in [-0.4, -0.2) is 21.9 Å². The van der Waals surface area contributed by atoms with Crippen molar-refractivity contribution in [2.75, 3.05) is 11.1 Å². The maximum Gasteiger partial charge on any atom is 0.322 e. The molecule has 1 heterocycles. The van der Waals surface area contributed by atoms with Gasteiger partial charge >= 0.3 is 6.01 Å². The molecule has 1 amide bonds. The minimum Gasteiger partial charge on any atom is -0.403 e. The van der Waals surface area contributed by atoms with Crippen molar-refractivity contribution in [3.05, 3.63) is 66.2 Å². The third-order valence-corrected chi connectivity index (χ3v) is 4.61. The lowest BCUT2D eigenvalue weighted by Gasteiger charge is -2.02. The molecule has 0 spiro atoms. The maximum absolute atomic E-state index is 11.9. The summed E-state index contributed by atoms with van der Waals surface area (Å²) in [6.45, 7) is 0. The molecule has 2 aromatic carbocycles. The van der Waals surface area contributed by atoms with Gasteiger partial charge in [-0.2, -0.15) is 11.8 Å². The quantitative estimate of drug-likeness (QED) is 0.608. The number of carbonyl (C=O) groups is 1. The first-order valence-electron chi connectivity index (χ1n) is 8.12. The van der Waals surface area contributed by atoms with Crippen molar-refractivity contribution in [2.24, 2.45) is 0 Å². The van der Waals surface area contributed by atoms with Crippen LogP contribution in [0.3, 0.4) is 0 Å². The van der Waals surface area contributed by atoms with Gasteiger partial charge in [0, 0.05) is 17.7 Å². The van der Waals surface area contributed by atoms with Gasteiger partial charge in [-0.25, -0.2) is 0 Å². The van der Waals surface area contributed by atoms with Crippen molar-refractivity contribution >= 4 is 23.7 Å². The lowest BCUT2D eigenvalue weighted by atomic mass is 10.2. The first kappa shape index (κ1) is 17.2. The first-order chi connectivity index (χ1) is 12.3. The van der Waals surface area contributed by atoms with E-state index in [0.717, 1.165) is 23.5 Å². The summed E-state index contributed by atoms with van der Waals surface area (Å²) in [6, 6.07) is 19.9. The second-order valence-electron chi connectivity index (χ2n) is 5.47. The summed E-state index contributed by atoms with van der Waals surface area (Å²) in [5, 5.41) is 10.5. The molecule has 25 heavy (non-hydrogen) atoms. The Morgan fingerprint density at radius 2 is 1.72 bits per heavy atom. The van der Waals surface area contributed by atoms with E-state index in [2.05, 4.69) is 27.6 Å². The van der Waals surface area contributed by atoms with Crippen LogP contribution in [0.1, 0.15) is 18.4 Å². The van der Waals surface area contributed by atoms with Crippen LogP contribution in [0.15, 0.2) is 65.1 Å². The number of thioether (sulfide) groups is 1. The molecule has 0 unspecified atom stereocenters. The molecule has 5 nitrogen and oxygen atoms in total. The van der Waals surface area contributed by atoms with Crippen LogP contribution in [0.25, 0.3) is 11.5 Å². The largest absolute Gasteiger partial charge is 0.403 e. The van der Waals surface area contributed by atoms with Gasteiger partial charge in [0.25, 0.3) is 0 Å². The molecule has 0 saturated heterocycles. The second kappa shape index (κ2) is 9.03. The van der Waals surface area contributed by atoms with Crippen molar-refractivity contribution < 1.29 is 9.21 Å². The Balaban J connectivity index is 1.37. The van der Waals surface area contributed by atoms with Gasteiger partial charge in [-0.1, -0.05) is 53.6 Å². The van der Waals surface area contributed by atoms with Gasteiger partial charge in [0.05, 0.1) is 0 Å². The van der Waals surface area contributed by atoms with Crippen LogP contribution in [0.4, 0.5) is 6.01 Å². The third kappa shape index (κ3) is 5.46. The van der Waals surface area contributed by atoms with Gasteiger partial charge in [-0.3, -0.25) is 10.1 Å². The summed E-state index contributed by atoms with van der Waals surface area (Å²) < 4.78 is 5.47. The molecule has 0 aliphatic carbocycles. The number of nitrogens with one attached hydrogen (secondary N) is 1. The van der Waals surface area contributed by atoms with E-state index in [0.29, 0.717) is 12.3 Å². The molecule has 0 bridgehead atoms. The van der Waals surface area contributed by atoms with Gasteiger partial charge in [0.2, 0.25) is 11.8 Å². The van der Waals surface area contributed by atoms with E-state index in [1.807, 2.05) is 60.3 Å². The summed E-state index contributed by atoms with van der Waals surface area (Å²) >= 11 is 1.82. The van der Waals surface area contributed by atoms with Gasteiger partial charge in [0.15, 0.2) is 0 Å². The number of anilines is 1. The molecular formula is C19H19N3O2S. The number of aromatic nitrogens is 2. The lowest BCUT2D eigenvalue weighted by Crippen LogP contribution is -2.11. The van der Waals surface area contributed by atoms with Gasteiger partial charge in [-0.15, -0.1) is 5.10 Å². The van der Waals surface area contributed by atoms with Gasteiger partial charge < -0.3 is 4.42 Å². The highest BCUT2D eigenvalue weighted by Gasteiger charge is 2.10. The number of amides is 1. The molecule has 0 saturated carbocycles. The van der Waals surface area contributed by atoms with Gasteiger partial charge in [-0.05, 0) is 29.9 Å². The van der Waals surface area contributed by atoms with E-state index in [1.165, 1.54) is 5.56 Å². The van der Waals surface area contributed by atoms with Crippen LogP contribution in [-0.2, 0) is 10.5 Å². The van der Waals surface area contributed by atoms with Crippen LogP contribution >= 0.6 is 11.8 Å².